The summed E-state index contributed by atoms with van der Waals surface area (Å²) in [6.07, 6.45) is 0.911. The summed E-state index contributed by atoms with van der Waals surface area (Å²) in [7, 11) is 0. The van der Waals surface area contributed by atoms with Crippen LogP contribution in [0.5, 0.6) is 0 Å². The second-order valence-corrected chi connectivity index (χ2v) is 8.76. The zero-order valence-corrected chi connectivity index (χ0v) is 17.8. The number of ketones is 1. The molecule has 0 bridgehead atoms. The molecular formula is C23H26N2O6. The van der Waals surface area contributed by atoms with Gasteiger partial charge in [0.2, 0.25) is 0 Å². The Morgan fingerprint density at radius 2 is 1.68 bits per heavy atom. The molecule has 0 spiro atoms. The fraction of sp³-hybridized carbons (Fsp3) is 0.435. The molecule has 1 aliphatic heterocycles. The number of imide groups is 1. The minimum atomic E-state index is -1.12. The Balaban J connectivity index is 1.76. The molecule has 1 aromatic carbocycles. The standard InChI is InChI=1S/C23H26N2O6/c1-13(22(30)31)24-16-11-23(2,3)12-18(27)19(16)17(26)9-6-10-25-20(28)14-7-4-5-8-15(14)21(25)29/h4-5,7-8,13,26H,6,9-12H2,1-3H3,(H,30,31)/t13-/m0/s1. The molecule has 0 radical (unpaired) electrons. The van der Waals surface area contributed by atoms with E-state index in [0.29, 0.717) is 17.5 Å². The number of hydrogen-bond donors (Lipinski definition) is 2. The van der Waals surface area contributed by atoms with E-state index in [9.17, 15) is 29.4 Å². The highest BCUT2D eigenvalue weighted by molar-refractivity contribution is 6.25. The molecule has 1 aliphatic carbocycles. The van der Waals surface area contributed by atoms with Crippen molar-refractivity contribution < 1.29 is 29.4 Å². The lowest BCUT2D eigenvalue weighted by molar-refractivity contribution is -0.138. The SMILES string of the molecule is C[C@H](N=C1CC(C)(C)CC(=O)C1=C(O)CCCN1C(=O)c2ccccc2C1=O)C(=O)O. The number of hydrogen-bond acceptors (Lipinski definition) is 6. The first-order valence-electron chi connectivity index (χ1n) is 10.2. The van der Waals surface area contributed by atoms with Crippen LogP contribution in [0.3, 0.4) is 0 Å². The minimum absolute atomic E-state index is 0.0646. The highest BCUT2D eigenvalue weighted by atomic mass is 16.4. The summed E-state index contributed by atoms with van der Waals surface area (Å²) in [4.78, 5) is 54.2. The minimum Gasteiger partial charge on any atom is -0.511 e. The Labute approximate surface area is 180 Å². The molecular weight excluding hydrogens is 400 g/mol. The summed E-state index contributed by atoms with van der Waals surface area (Å²) in [6.45, 7) is 5.30. The van der Waals surface area contributed by atoms with Crippen molar-refractivity contribution in [1.29, 1.82) is 0 Å². The molecule has 1 heterocycles. The van der Waals surface area contributed by atoms with Gasteiger partial charge in [0, 0.05) is 19.4 Å². The molecule has 3 rings (SSSR count). The second-order valence-electron chi connectivity index (χ2n) is 8.76. The van der Waals surface area contributed by atoms with Gasteiger partial charge in [0.1, 0.15) is 11.8 Å². The number of aliphatic carboxylic acids is 1. The fourth-order valence-electron chi connectivity index (χ4n) is 3.99. The number of amides is 2. The molecule has 1 saturated carbocycles. The second kappa shape index (κ2) is 8.45. The Bertz CT molecular complexity index is 986. The van der Waals surface area contributed by atoms with Gasteiger partial charge < -0.3 is 10.2 Å². The van der Waals surface area contributed by atoms with E-state index in [4.69, 9.17) is 0 Å². The van der Waals surface area contributed by atoms with E-state index in [1.54, 1.807) is 24.3 Å². The van der Waals surface area contributed by atoms with Crippen molar-refractivity contribution in [2.24, 2.45) is 10.4 Å². The van der Waals surface area contributed by atoms with E-state index < -0.39 is 17.4 Å². The number of allylic oxidation sites excluding steroid dienone is 2. The molecule has 1 aromatic rings. The smallest absolute Gasteiger partial charge is 0.328 e. The van der Waals surface area contributed by atoms with Gasteiger partial charge in [-0.15, -0.1) is 0 Å². The number of carbonyl (C=O) groups is 4. The molecule has 31 heavy (non-hydrogen) atoms. The number of carboxylic acids is 1. The van der Waals surface area contributed by atoms with E-state index in [1.807, 2.05) is 13.8 Å². The molecule has 2 aliphatic rings. The van der Waals surface area contributed by atoms with Crippen LogP contribution in [0.1, 0.15) is 67.2 Å². The number of aliphatic imine (C=N–C) groups is 1. The summed E-state index contributed by atoms with van der Waals surface area (Å²) in [5.41, 5.74) is 0.677. The molecule has 1 atom stereocenters. The van der Waals surface area contributed by atoms with Crippen molar-refractivity contribution in [2.45, 2.75) is 52.5 Å². The lowest BCUT2D eigenvalue weighted by atomic mass is 9.73. The van der Waals surface area contributed by atoms with Crippen molar-refractivity contribution in [3.05, 3.63) is 46.7 Å². The number of aliphatic hydroxyl groups excluding tert-OH is 1. The van der Waals surface area contributed by atoms with Crippen molar-refractivity contribution in [3.8, 4) is 0 Å². The number of fused-ring (bicyclic) bond motifs is 1. The number of carboxylic acid groups (broad SMARTS) is 1. The van der Waals surface area contributed by atoms with Crippen LogP contribution < -0.4 is 0 Å². The number of carbonyl (C=O) groups excluding carboxylic acids is 3. The van der Waals surface area contributed by atoms with Gasteiger partial charge in [-0.3, -0.25) is 24.3 Å². The van der Waals surface area contributed by atoms with Gasteiger partial charge in [0.25, 0.3) is 11.8 Å². The van der Waals surface area contributed by atoms with Gasteiger partial charge in [-0.2, -0.15) is 0 Å². The van der Waals surface area contributed by atoms with Crippen molar-refractivity contribution >= 4 is 29.3 Å². The van der Waals surface area contributed by atoms with E-state index in [2.05, 4.69) is 4.99 Å². The Kier molecular flexibility index (Phi) is 6.10. The predicted octanol–water partition coefficient (Wildman–Crippen LogP) is 3.18. The average Bonchev–Trinajstić information content (AvgIpc) is 2.91. The molecule has 2 amide bonds. The maximum Gasteiger partial charge on any atom is 0.328 e. The van der Waals surface area contributed by atoms with Gasteiger partial charge in [-0.05, 0) is 37.3 Å². The monoisotopic (exact) mass is 426 g/mol. The summed E-state index contributed by atoms with van der Waals surface area (Å²) < 4.78 is 0. The number of benzene rings is 1. The summed E-state index contributed by atoms with van der Waals surface area (Å²) >= 11 is 0. The third kappa shape index (κ3) is 4.57. The first-order valence-corrected chi connectivity index (χ1v) is 10.2. The van der Waals surface area contributed by atoms with Gasteiger partial charge in [-0.1, -0.05) is 26.0 Å². The predicted molar refractivity (Wildman–Crippen MR) is 113 cm³/mol. The highest BCUT2D eigenvalue weighted by Crippen LogP contribution is 2.36. The third-order valence-electron chi connectivity index (χ3n) is 5.52. The number of aliphatic hydroxyl groups is 1. The van der Waals surface area contributed by atoms with Crippen LogP contribution in [0.4, 0.5) is 0 Å². The molecule has 1 fully saturated rings. The molecule has 8 heteroatoms. The maximum atomic E-state index is 12.7. The third-order valence-corrected chi connectivity index (χ3v) is 5.52. The van der Waals surface area contributed by atoms with Gasteiger partial charge >= 0.3 is 5.97 Å². The summed E-state index contributed by atoms with van der Waals surface area (Å²) in [6, 6.07) is 5.55. The zero-order chi connectivity index (χ0) is 22.9. The van der Waals surface area contributed by atoms with Crippen LogP contribution in [0.2, 0.25) is 0 Å². The van der Waals surface area contributed by atoms with Crippen LogP contribution in [0.25, 0.3) is 0 Å². The van der Waals surface area contributed by atoms with Crippen LogP contribution in [0, 0.1) is 5.41 Å². The topological polar surface area (TPSA) is 124 Å². The molecule has 0 saturated heterocycles. The molecule has 0 aromatic heterocycles. The molecule has 8 nitrogen and oxygen atoms in total. The van der Waals surface area contributed by atoms with E-state index in [1.165, 1.54) is 6.92 Å². The average molecular weight is 426 g/mol. The van der Waals surface area contributed by atoms with Crippen LogP contribution >= 0.6 is 0 Å². The van der Waals surface area contributed by atoms with Crippen LogP contribution in [-0.4, -0.2) is 57.0 Å². The zero-order valence-electron chi connectivity index (χ0n) is 17.8. The number of rotatable bonds is 6. The summed E-state index contributed by atoms with van der Waals surface area (Å²) in [5.74, 6) is -2.34. The lowest BCUT2D eigenvalue weighted by Gasteiger charge is -2.31. The van der Waals surface area contributed by atoms with Crippen molar-refractivity contribution in [3.63, 3.8) is 0 Å². The van der Waals surface area contributed by atoms with Crippen LogP contribution in [-0.2, 0) is 9.59 Å². The fourth-order valence-corrected chi connectivity index (χ4v) is 3.99. The lowest BCUT2D eigenvalue weighted by Crippen LogP contribution is -2.34. The number of Topliss-reactive ketones (excluding diaryl/α,β-unsaturated/α-hetero) is 1. The van der Waals surface area contributed by atoms with E-state index in [-0.39, 0.29) is 60.4 Å². The van der Waals surface area contributed by atoms with Crippen molar-refractivity contribution in [1.82, 2.24) is 4.90 Å². The molecule has 2 N–H and O–H groups in total. The molecule has 164 valence electrons. The first kappa shape index (κ1) is 22.4. The first-order chi connectivity index (χ1) is 14.5. The van der Waals surface area contributed by atoms with Crippen LogP contribution in [0.15, 0.2) is 40.6 Å². The van der Waals surface area contributed by atoms with E-state index in [0.717, 1.165) is 4.90 Å². The Morgan fingerprint density at radius 1 is 1.10 bits per heavy atom. The largest absolute Gasteiger partial charge is 0.511 e. The van der Waals surface area contributed by atoms with Gasteiger partial charge in [0.05, 0.1) is 22.4 Å². The maximum absolute atomic E-state index is 12.7. The van der Waals surface area contributed by atoms with Crippen molar-refractivity contribution in [2.75, 3.05) is 6.54 Å². The quantitative estimate of drug-likeness (QED) is 0.409. The van der Waals surface area contributed by atoms with E-state index >= 15 is 0 Å². The van der Waals surface area contributed by atoms with Gasteiger partial charge in [-0.25, -0.2) is 4.79 Å². The van der Waals surface area contributed by atoms with Gasteiger partial charge in [0.15, 0.2) is 5.78 Å². The Morgan fingerprint density at radius 3 is 2.23 bits per heavy atom. The number of nitrogens with zero attached hydrogens (tertiary/aromatic N) is 2. The normalized spacial score (nSPS) is 22.0. The summed E-state index contributed by atoms with van der Waals surface area (Å²) in [5, 5.41) is 19.8. The Hall–Kier alpha value is -3.29. The molecule has 0 unspecified atom stereocenters. The highest BCUT2D eigenvalue weighted by Gasteiger charge is 2.37.